The first-order valence-corrected chi connectivity index (χ1v) is 15.1. The van der Waals surface area contributed by atoms with Gasteiger partial charge >= 0.3 is 6.09 Å². The van der Waals surface area contributed by atoms with Crippen LogP contribution in [0.15, 0.2) is 36.4 Å². The Morgan fingerprint density at radius 2 is 1.66 bits per heavy atom. The number of carbonyl (C=O) groups excluding carboxylic acids is 1. The van der Waals surface area contributed by atoms with E-state index < -0.39 is 5.60 Å². The number of fused-ring (bicyclic) bond motifs is 3. The predicted octanol–water partition coefficient (Wildman–Crippen LogP) is 7.07. The van der Waals surface area contributed by atoms with E-state index in [1.165, 1.54) is 23.4 Å². The molecular weight excluding hydrogens is 499 g/mol. The molecular formula is C30H45FN4O2S. The highest BCUT2D eigenvalue weighted by atomic mass is 32.2. The summed E-state index contributed by atoms with van der Waals surface area (Å²) >= 11 is 1.79. The van der Waals surface area contributed by atoms with Gasteiger partial charge in [0.15, 0.2) is 0 Å². The van der Waals surface area contributed by atoms with Gasteiger partial charge in [0.25, 0.3) is 0 Å². The van der Waals surface area contributed by atoms with Gasteiger partial charge in [-0.1, -0.05) is 57.8 Å². The van der Waals surface area contributed by atoms with Crippen LogP contribution in [0.3, 0.4) is 0 Å². The number of hydrogen-bond acceptors (Lipinski definition) is 6. The van der Waals surface area contributed by atoms with Crippen LogP contribution >= 0.6 is 11.9 Å². The van der Waals surface area contributed by atoms with E-state index in [4.69, 9.17) is 9.72 Å². The first-order valence-electron chi connectivity index (χ1n) is 14.1. The number of carbonyl (C=O) groups is 1. The number of anilines is 1. The van der Waals surface area contributed by atoms with Crippen LogP contribution in [-0.2, 0) is 23.5 Å². The molecule has 2 saturated heterocycles. The molecule has 0 radical (unpaired) electrons. The van der Waals surface area contributed by atoms with E-state index in [1.54, 1.807) is 11.9 Å². The van der Waals surface area contributed by atoms with E-state index in [0.29, 0.717) is 25.2 Å². The second kappa shape index (κ2) is 13.7. The highest BCUT2D eigenvalue weighted by Gasteiger charge is 2.43. The van der Waals surface area contributed by atoms with E-state index in [1.807, 2.05) is 65.5 Å². The molecule has 6 nitrogen and oxygen atoms in total. The van der Waals surface area contributed by atoms with Crippen molar-refractivity contribution in [2.45, 2.75) is 97.7 Å². The normalized spacial score (nSPS) is 20.5. The van der Waals surface area contributed by atoms with E-state index >= 15 is 0 Å². The lowest BCUT2D eigenvalue weighted by atomic mass is 10.1. The summed E-state index contributed by atoms with van der Waals surface area (Å²) < 4.78 is 21.1. The molecule has 1 amide bonds. The molecule has 38 heavy (non-hydrogen) atoms. The van der Waals surface area contributed by atoms with Crippen LogP contribution in [0.4, 0.5) is 15.0 Å². The van der Waals surface area contributed by atoms with Crippen LogP contribution in [-0.4, -0.2) is 57.6 Å². The average molecular weight is 545 g/mol. The largest absolute Gasteiger partial charge is 0.444 e. The van der Waals surface area contributed by atoms with Crippen LogP contribution in [0.1, 0.15) is 78.1 Å². The Morgan fingerprint density at radius 3 is 2.26 bits per heavy atom. The molecule has 2 atom stereocenters. The van der Waals surface area contributed by atoms with Crippen molar-refractivity contribution >= 4 is 23.9 Å². The van der Waals surface area contributed by atoms with Crippen molar-refractivity contribution in [2.75, 3.05) is 24.5 Å². The lowest BCUT2D eigenvalue weighted by Gasteiger charge is -2.42. The van der Waals surface area contributed by atoms with E-state index in [9.17, 15) is 9.18 Å². The second-order valence-electron chi connectivity index (χ2n) is 10.5. The molecule has 0 aliphatic carbocycles. The van der Waals surface area contributed by atoms with Gasteiger partial charge in [-0.05, 0) is 62.9 Å². The van der Waals surface area contributed by atoms with Gasteiger partial charge in [-0.15, -0.1) is 0 Å². The summed E-state index contributed by atoms with van der Waals surface area (Å²) in [6, 6.07) is 11.7. The zero-order valence-electron chi connectivity index (χ0n) is 24.2. The molecule has 2 fully saturated rings. The topological polar surface area (TPSA) is 48.9 Å². The average Bonchev–Trinajstić information content (AvgIpc) is 3.18. The van der Waals surface area contributed by atoms with Crippen LogP contribution in [0, 0.1) is 5.82 Å². The Kier molecular flexibility index (Phi) is 10.9. The number of aromatic nitrogens is 1. The third-order valence-electron chi connectivity index (χ3n) is 6.72. The molecule has 4 heterocycles. The highest BCUT2D eigenvalue weighted by molar-refractivity contribution is 7.96. The number of amides is 1. The summed E-state index contributed by atoms with van der Waals surface area (Å²) in [5, 5.41) is 0. The van der Waals surface area contributed by atoms with Gasteiger partial charge in [0, 0.05) is 56.1 Å². The maximum Gasteiger partial charge on any atom is 0.410 e. The van der Waals surface area contributed by atoms with Crippen molar-refractivity contribution in [2.24, 2.45) is 0 Å². The number of benzene rings is 1. The lowest BCUT2D eigenvalue weighted by molar-refractivity contribution is 0.0209. The minimum absolute atomic E-state index is 0.192. The number of nitrogens with zero attached hydrogens (tertiary/aromatic N) is 4. The molecule has 3 aliphatic heterocycles. The molecule has 0 spiro atoms. The smallest absolute Gasteiger partial charge is 0.410 e. The standard InChI is InChI=1S/C26H33FN4O2S.2C2H6/c1-26(2,3)33-25(32)29-15-21-9-10-22(16-29)31(21)24-11-6-19-14-30(13-12-23(19)28-24)34-17-18-4-7-20(27)8-5-18;2*1-2/h4-8,11,21-22H,9-10,12-17H2,1-3H3;2*1-2H3. The minimum Gasteiger partial charge on any atom is -0.444 e. The number of rotatable bonds is 4. The fraction of sp³-hybridized carbons (Fsp3) is 0.600. The van der Waals surface area contributed by atoms with Gasteiger partial charge in [-0.2, -0.15) is 0 Å². The maximum atomic E-state index is 13.1. The fourth-order valence-corrected chi connectivity index (χ4v) is 6.11. The molecule has 5 rings (SSSR count). The first kappa shape index (κ1) is 30.2. The summed E-state index contributed by atoms with van der Waals surface area (Å²) in [6.45, 7) is 16.9. The van der Waals surface area contributed by atoms with Crippen LogP contribution in [0.25, 0.3) is 0 Å². The molecule has 2 unspecified atom stereocenters. The fourth-order valence-electron chi connectivity index (χ4n) is 5.13. The number of piperazine rings is 1. The molecule has 8 heteroatoms. The minimum atomic E-state index is -0.474. The Bertz CT molecular complexity index is 1030. The molecule has 2 bridgehead atoms. The Hall–Kier alpha value is -2.32. The molecule has 1 aromatic carbocycles. The summed E-state index contributed by atoms with van der Waals surface area (Å²) in [6.07, 6.45) is 2.88. The van der Waals surface area contributed by atoms with Crippen molar-refractivity contribution in [1.82, 2.24) is 14.2 Å². The Morgan fingerprint density at radius 1 is 1.03 bits per heavy atom. The monoisotopic (exact) mass is 544 g/mol. The van der Waals surface area contributed by atoms with Gasteiger partial charge in [0.2, 0.25) is 0 Å². The van der Waals surface area contributed by atoms with Crippen molar-refractivity contribution in [3.05, 3.63) is 59.0 Å². The molecule has 2 aromatic rings. The molecule has 210 valence electrons. The van der Waals surface area contributed by atoms with E-state index in [0.717, 1.165) is 49.5 Å². The zero-order valence-corrected chi connectivity index (χ0v) is 25.0. The Balaban J connectivity index is 0.000000956. The number of ether oxygens (including phenoxy) is 1. The number of likely N-dealkylation sites (tertiary alicyclic amines) is 1. The second-order valence-corrected chi connectivity index (χ2v) is 11.5. The van der Waals surface area contributed by atoms with Gasteiger partial charge < -0.3 is 14.5 Å². The molecule has 3 aliphatic rings. The molecule has 1 aromatic heterocycles. The lowest BCUT2D eigenvalue weighted by Crippen LogP contribution is -2.56. The number of hydrogen-bond donors (Lipinski definition) is 0. The summed E-state index contributed by atoms with van der Waals surface area (Å²) in [7, 11) is 0. The van der Waals surface area contributed by atoms with Crippen molar-refractivity contribution < 1.29 is 13.9 Å². The summed E-state index contributed by atoms with van der Waals surface area (Å²) in [5.74, 6) is 1.69. The zero-order chi connectivity index (χ0) is 27.9. The third-order valence-corrected chi connectivity index (χ3v) is 7.86. The van der Waals surface area contributed by atoms with Gasteiger partial charge in [0.1, 0.15) is 17.2 Å². The van der Waals surface area contributed by atoms with Crippen LogP contribution in [0.2, 0.25) is 0 Å². The van der Waals surface area contributed by atoms with E-state index in [-0.39, 0.29) is 11.9 Å². The number of pyridine rings is 1. The number of halogens is 1. The summed E-state index contributed by atoms with van der Waals surface area (Å²) in [4.78, 5) is 22.0. The molecule has 0 N–H and O–H groups in total. The van der Waals surface area contributed by atoms with Gasteiger partial charge in [-0.3, -0.25) is 0 Å². The van der Waals surface area contributed by atoms with Gasteiger partial charge in [0.05, 0.1) is 0 Å². The van der Waals surface area contributed by atoms with Crippen molar-refractivity contribution in [3.8, 4) is 0 Å². The van der Waals surface area contributed by atoms with Crippen LogP contribution in [0.5, 0.6) is 0 Å². The van der Waals surface area contributed by atoms with Crippen LogP contribution < -0.4 is 4.90 Å². The van der Waals surface area contributed by atoms with Crippen molar-refractivity contribution in [3.63, 3.8) is 0 Å². The highest BCUT2D eigenvalue weighted by Crippen LogP contribution is 2.36. The Labute approximate surface area is 233 Å². The van der Waals surface area contributed by atoms with Gasteiger partial charge in [-0.25, -0.2) is 18.5 Å². The quantitative estimate of drug-likeness (QED) is 0.384. The van der Waals surface area contributed by atoms with E-state index in [2.05, 4.69) is 21.3 Å². The van der Waals surface area contributed by atoms with Crippen molar-refractivity contribution in [1.29, 1.82) is 0 Å². The molecule has 0 saturated carbocycles. The summed E-state index contributed by atoms with van der Waals surface area (Å²) in [5.41, 5.74) is 3.12. The maximum absolute atomic E-state index is 13.1. The SMILES string of the molecule is CC.CC.CC(C)(C)OC(=O)N1CC2CCC(C1)N2c1ccc2c(n1)CCN(SCc1ccc(F)cc1)C2. The third kappa shape index (κ3) is 7.63. The first-order chi connectivity index (χ1) is 18.2. The predicted molar refractivity (Wildman–Crippen MR) is 156 cm³/mol.